The lowest BCUT2D eigenvalue weighted by Gasteiger charge is -2.31. The van der Waals surface area contributed by atoms with E-state index in [4.69, 9.17) is 17.2 Å². The zero-order chi connectivity index (χ0) is 83.8. The first-order valence-electron chi connectivity index (χ1n) is 35.6. The van der Waals surface area contributed by atoms with Crippen molar-refractivity contribution in [1.82, 2.24) is 98.9 Å². The molecule has 2 aromatic heterocycles. The number of nitrogens with one attached hydrogen (secondary N) is 15. The fraction of sp³-hybridized carbons (Fsp3) is 0.631. The molecule has 17 amide bonds. The van der Waals surface area contributed by atoms with Crippen LogP contribution in [0.1, 0.15) is 97.4 Å². The van der Waals surface area contributed by atoms with E-state index in [2.05, 4.69) is 140 Å². The lowest BCUT2D eigenvalue weighted by atomic mass is 10.0. The van der Waals surface area contributed by atoms with Crippen LogP contribution in [-0.2, 0) is 99.1 Å². The van der Waals surface area contributed by atoms with Gasteiger partial charge in [0, 0.05) is 79.1 Å². The summed E-state index contributed by atoms with van der Waals surface area (Å²) >= 11 is 16.4. The molecule has 622 valence electrons. The maximum atomic E-state index is 14.7. The number of thiol groups is 4. The summed E-state index contributed by atoms with van der Waals surface area (Å²) in [5.41, 5.74) is 16.9. The normalized spacial score (nSPS) is 17.4. The topological polar surface area (TPSA) is 666 Å². The minimum atomic E-state index is -1.88. The molecule has 15 atom stereocenters. The summed E-state index contributed by atoms with van der Waals surface area (Å²) in [6.07, 6.45) is 3.15. The molecule has 2 aliphatic rings. The van der Waals surface area contributed by atoms with E-state index >= 15 is 0 Å². The Labute approximate surface area is 664 Å². The largest absolute Gasteiger partial charge is 0.481 e. The van der Waals surface area contributed by atoms with E-state index in [0.29, 0.717) is 5.69 Å². The molecule has 0 bridgehead atoms. The summed E-state index contributed by atoms with van der Waals surface area (Å²) in [7, 11) is 0. The van der Waals surface area contributed by atoms with Crippen molar-refractivity contribution in [2.75, 3.05) is 55.9 Å². The van der Waals surface area contributed by atoms with Gasteiger partial charge >= 0.3 is 5.97 Å². The Morgan fingerprint density at radius 3 is 1.28 bits per heavy atom. The molecule has 43 nitrogen and oxygen atoms in total. The van der Waals surface area contributed by atoms with Gasteiger partial charge in [0.2, 0.25) is 100 Å². The molecular formula is C65H102N22O21S4. The fourth-order valence-corrected chi connectivity index (χ4v) is 12.7. The molecule has 4 rings (SSSR count). The Morgan fingerprint density at radius 1 is 0.482 bits per heavy atom. The van der Waals surface area contributed by atoms with E-state index in [-0.39, 0.29) is 86.9 Å². The number of nitrogens with two attached hydrogens (primary N) is 3. The van der Waals surface area contributed by atoms with Gasteiger partial charge in [-0.15, -0.1) is 0 Å². The molecule has 24 N–H and O–H groups in total. The molecule has 0 aliphatic carbocycles. The van der Waals surface area contributed by atoms with Gasteiger partial charge in [-0.2, -0.15) is 50.5 Å². The van der Waals surface area contributed by atoms with Crippen LogP contribution >= 0.6 is 50.5 Å². The molecule has 2 aliphatic heterocycles. The van der Waals surface area contributed by atoms with Gasteiger partial charge in [-0.3, -0.25) is 86.3 Å². The average molecular weight is 1660 g/mol. The van der Waals surface area contributed by atoms with Gasteiger partial charge in [0.1, 0.15) is 90.6 Å². The van der Waals surface area contributed by atoms with Crippen molar-refractivity contribution in [3.8, 4) is 0 Å². The number of primary amides is 2. The highest BCUT2D eigenvalue weighted by molar-refractivity contribution is 7.80. The van der Waals surface area contributed by atoms with Crippen LogP contribution in [0.2, 0.25) is 0 Å². The van der Waals surface area contributed by atoms with Gasteiger partial charge in [0.05, 0.1) is 38.8 Å². The molecular weight excluding hydrogens is 1550 g/mol. The van der Waals surface area contributed by atoms with Crippen molar-refractivity contribution in [2.24, 2.45) is 29.0 Å². The first-order valence-corrected chi connectivity index (χ1v) is 38.1. The number of aliphatic hydroxyl groups is 2. The van der Waals surface area contributed by atoms with Gasteiger partial charge in [0.15, 0.2) is 0 Å². The average Bonchev–Trinajstić information content (AvgIpc) is 1.62. The van der Waals surface area contributed by atoms with Crippen LogP contribution in [0.25, 0.3) is 0 Å². The number of carboxylic acid groups (broad SMARTS) is 1. The Hall–Kier alpha value is -9.84. The van der Waals surface area contributed by atoms with Crippen LogP contribution in [-0.4, -0.2) is 298 Å². The summed E-state index contributed by atoms with van der Waals surface area (Å²) in [5.74, 6) is -20.0. The smallest absolute Gasteiger partial charge is 0.303 e. The minimum Gasteiger partial charge on any atom is -0.481 e. The molecule has 2 saturated heterocycles. The van der Waals surface area contributed by atoms with E-state index in [1.165, 1.54) is 45.8 Å². The third-order valence-electron chi connectivity index (χ3n) is 17.6. The highest BCUT2D eigenvalue weighted by Crippen LogP contribution is 2.23. The Morgan fingerprint density at radius 2 is 0.866 bits per heavy atom. The quantitative estimate of drug-likeness (QED) is 0.0274. The first kappa shape index (κ1) is 94.5. The summed E-state index contributed by atoms with van der Waals surface area (Å²) in [5, 5.41) is 61.6. The zero-order valence-electron chi connectivity index (χ0n) is 62.1. The third kappa shape index (κ3) is 29.4. The number of H-pyrrole nitrogens is 2. The molecule has 112 heavy (non-hydrogen) atoms. The molecule has 0 aromatic carbocycles. The molecule has 0 spiro atoms. The van der Waals surface area contributed by atoms with Crippen LogP contribution in [0.5, 0.6) is 0 Å². The summed E-state index contributed by atoms with van der Waals surface area (Å²) in [6, 6.07) is -22.5. The fourth-order valence-electron chi connectivity index (χ4n) is 11.6. The van der Waals surface area contributed by atoms with Crippen molar-refractivity contribution in [2.45, 2.75) is 189 Å². The lowest BCUT2D eigenvalue weighted by molar-refractivity contribution is -0.143. The number of hydrogen-bond acceptors (Lipinski definition) is 27. The summed E-state index contributed by atoms with van der Waals surface area (Å²) < 4.78 is 0. The predicted molar refractivity (Wildman–Crippen MR) is 408 cm³/mol. The van der Waals surface area contributed by atoms with Gasteiger partial charge in [0.25, 0.3) is 0 Å². The first-order chi connectivity index (χ1) is 52.9. The number of imidazole rings is 2. The van der Waals surface area contributed by atoms with Gasteiger partial charge in [-0.1, -0.05) is 27.7 Å². The monoisotopic (exact) mass is 1650 g/mol. The Balaban J connectivity index is 1.44. The SMILES string of the molecule is CC(C)C[C@H](NC(=O)[C@H](CCC(=O)O)NC(=O)[C@@H]1CCCN1C(=O)[C@H](Cc1cnc[nH]1)NC(=O)[C@H](CC(N)=O)NC(=O)[C@@H](NC(=O)[C@H](CO)NC(=O)[C@H](CS)NC(=O)[C@H](C)NC(=O)[C@@H]1CCCN1C(=O)[C@H](Cc1cnc[nH]1)NC(=O)[C@H](CO)NC(=O)[C@H](CS)NC(=O)[C@H](CS)NC(=O)CN)C(C)C)C(=O)N[C@@H](CS)C(N)=O. The summed E-state index contributed by atoms with van der Waals surface area (Å²) in [6.45, 7) is 4.94. The number of rotatable bonds is 47. The number of aliphatic carboxylic acids is 1. The number of carbonyl (C=O) groups is 18. The molecule has 47 heteroatoms. The van der Waals surface area contributed by atoms with Gasteiger partial charge in [-0.25, -0.2) is 9.97 Å². The molecule has 0 unspecified atom stereocenters. The van der Waals surface area contributed by atoms with Crippen LogP contribution in [0.3, 0.4) is 0 Å². The number of aliphatic hydroxyl groups excluding tert-OH is 2. The second kappa shape index (κ2) is 46.9. The highest BCUT2D eigenvalue weighted by atomic mass is 32.1. The van der Waals surface area contributed by atoms with Crippen molar-refractivity contribution >= 4 is 157 Å². The number of aromatic nitrogens is 4. The number of hydrogen-bond donors (Lipinski definition) is 25. The van der Waals surface area contributed by atoms with E-state index in [1.54, 1.807) is 13.8 Å². The predicted octanol–water partition coefficient (Wildman–Crippen LogP) is -10.2. The Kier molecular flexibility index (Phi) is 39.6. The molecule has 2 aromatic rings. The number of likely N-dealkylation sites (tertiary alicyclic amines) is 2. The van der Waals surface area contributed by atoms with Crippen molar-refractivity contribution in [3.63, 3.8) is 0 Å². The number of carbonyl (C=O) groups excluding carboxylic acids is 17. The second-order valence-corrected chi connectivity index (χ2v) is 28.5. The van der Waals surface area contributed by atoms with Crippen molar-refractivity contribution < 1.29 is 102 Å². The number of nitrogens with zero attached hydrogens (tertiary/aromatic N) is 4. The standard InChI is InChI=1S/C65H102N22O21S4/c1-29(2)14-35(54(97)82-41(23-109)51(68)94)76-53(96)34(10-11-49(92)93)75-62(105)46-9-7-13-87(46)64(107)37(15-32-19-69-27-71-32)78-55(98)36(17-47(67)90)77-63(106)50(30(3)4)85-57(100)40(22-89)81-59(102)43(25-111)83-52(95)31(5)73-61(104)45-8-6-12-86(45)65(108)38(16-33-20-70-28-72-33)79-56(99)39(21-88)80-60(103)44(26-112)84-58(101)42(24-110)74-48(91)18-66/h19-20,27-31,34-46,50,88-89,109-112H,6-18,21-26,66H2,1-5H3,(H2,67,90)(H2,68,94)(H,69,71)(H,70,72)(H,73,104)(H,74,91)(H,75,105)(H,76,96)(H,77,106)(H,78,98)(H,79,99)(H,80,103)(H,81,102)(H,82,97)(H,83,95)(H,84,101)(H,85,100)(H,92,93)/t31-,34-,35-,36-,37-,38-,39-,40-,41-,42-,43-,44-,45-,46-,50-/m0/s1. The number of carboxylic acids is 1. The summed E-state index contributed by atoms with van der Waals surface area (Å²) in [4.78, 5) is 259. The van der Waals surface area contributed by atoms with E-state index < -0.39 is 248 Å². The highest BCUT2D eigenvalue weighted by Gasteiger charge is 2.44. The second-order valence-electron chi connectivity index (χ2n) is 27.1. The molecule has 2 fully saturated rings. The van der Waals surface area contributed by atoms with Crippen molar-refractivity contribution in [3.05, 3.63) is 36.4 Å². The Bertz CT molecular complexity index is 3640. The van der Waals surface area contributed by atoms with Gasteiger partial charge in [-0.05, 0) is 57.3 Å². The maximum Gasteiger partial charge on any atom is 0.303 e. The molecule has 0 radical (unpaired) electrons. The van der Waals surface area contributed by atoms with E-state index in [1.807, 2.05) is 0 Å². The molecule has 4 heterocycles. The lowest BCUT2D eigenvalue weighted by Crippen LogP contribution is -2.62. The number of aromatic amines is 2. The maximum absolute atomic E-state index is 14.7. The number of amides is 17. The zero-order valence-corrected chi connectivity index (χ0v) is 65.6. The van der Waals surface area contributed by atoms with E-state index in [9.17, 15) is 102 Å². The van der Waals surface area contributed by atoms with Crippen LogP contribution in [0.4, 0.5) is 0 Å². The van der Waals surface area contributed by atoms with Crippen LogP contribution in [0.15, 0.2) is 25.0 Å². The minimum absolute atomic E-state index is 0.00272. The third-order valence-corrected chi connectivity index (χ3v) is 19.1. The van der Waals surface area contributed by atoms with Crippen LogP contribution < -0.4 is 86.3 Å². The van der Waals surface area contributed by atoms with E-state index in [0.717, 1.165) is 9.80 Å². The van der Waals surface area contributed by atoms with Crippen molar-refractivity contribution in [1.29, 1.82) is 0 Å². The van der Waals surface area contributed by atoms with Gasteiger partial charge < -0.3 is 121 Å². The molecule has 0 saturated carbocycles. The van der Waals surface area contributed by atoms with Crippen LogP contribution in [0, 0.1) is 11.8 Å².